The summed E-state index contributed by atoms with van der Waals surface area (Å²) in [5, 5.41) is 12.8. The van der Waals surface area contributed by atoms with Crippen molar-refractivity contribution in [2.45, 2.75) is 97.5 Å². The Hall–Kier alpha value is 0.340. The third-order valence-electron chi connectivity index (χ3n) is 10.9. The van der Waals surface area contributed by atoms with Crippen LogP contribution >= 0.6 is 0 Å². The van der Waals surface area contributed by atoms with Crippen LogP contribution in [0.25, 0.3) is 0 Å². The van der Waals surface area contributed by atoms with Crippen molar-refractivity contribution in [1.29, 1.82) is 0 Å². The van der Waals surface area contributed by atoms with Crippen molar-refractivity contribution >= 4 is 16.0 Å². The number of aliphatic hydroxyl groups excluding tert-OH is 1. The molecule has 0 spiro atoms. The molecule has 1 amide bonds. The number of rotatable bonds is 7. The molecule has 0 aromatic rings. The minimum atomic E-state index is -4.29. The molecule has 0 bridgehead atoms. The van der Waals surface area contributed by atoms with E-state index in [2.05, 4.69) is 26.1 Å². The number of nitrogens with one attached hydrogen (secondary N) is 1. The molecule has 4 fully saturated rings. The molecule has 0 aliphatic heterocycles. The monoisotopic (exact) mass is 505 g/mol. The van der Waals surface area contributed by atoms with E-state index in [1.165, 1.54) is 44.9 Å². The predicted molar refractivity (Wildman–Crippen MR) is 127 cm³/mol. The molecule has 6 nitrogen and oxygen atoms in total. The van der Waals surface area contributed by atoms with Gasteiger partial charge in [0.2, 0.25) is 5.91 Å². The first-order valence-corrected chi connectivity index (χ1v) is 14.9. The number of carbonyl (C=O) groups is 1. The summed E-state index contributed by atoms with van der Waals surface area (Å²) < 4.78 is 32.1. The van der Waals surface area contributed by atoms with E-state index in [1.807, 2.05) is 0 Å². The molecule has 9 atom stereocenters. The van der Waals surface area contributed by atoms with Gasteiger partial charge in [0, 0.05) is 13.0 Å². The van der Waals surface area contributed by atoms with Crippen LogP contribution in [0.2, 0.25) is 0 Å². The molecule has 0 saturated heterocycles. The van der Waals surface area contributed by atoms with Gasteiger partial charge in [0.25, 0.3) is 0 Å². The number of carbonyl (C=O) groups excluding carboxylic acids is 1. The number of fused-ring (bicyclic) bond motifs is 5. The molecule has 0 radical (unpaired) electrons. The fourth-order valence-corrected chi connectivity index (χ4v) is 9.53. The number of hydrogen-bond acceptors (Lipinski definition) is 5. The summed E-state index contributed by atoms with van der Waals surface area (Å²) in [5.41, 5.74) is 0.758. The first kappa shape index (κ1) is 28.9. The van der Waals surface area contributed by atoms with Crippen LogP contribution in [0.3, 0.4) is 0 Å². The Labute approximate surface area is 228 Å². The molecule has 2 N–H and O–H groups in total. The summed E-state index contributed by atoms with van der Waals surface area (Å²) >= 11 is 0. The third-order valence-corrected chi connectivity index (χ3v) is 11.6. The van der Waals surface area contributed by atoms with E-state index in [-0.39, 0.29) is 48.1 Å². The van der Waals surface area contributed by atoms with Gasteiger partial charge in [-0.1, -0.05) is 20.8 Å². The van der Waals surface area contributed by atoms with Gasteiger partial charge in [-0.25, -0.2) is 8.42 Å². The Balaban J connectivity index is 0.00000324. The van der Waals surface area contributed by atoms with Crippen LogP contribution in [-0.2, 0) is 14.9 Å². The van der Waals surface area contributed by atoms with Crippen LogP contribution < -0.4 is 34.9 Å². The second kappa shape index (κ2) is 11.0. The van der Waals surface area contributed by atoms with Crippen molar-refractivity contribution in [2.24, 2.45) is 46.3 Å². The quantitative estimate of drug-likeness (QED) is 0.398. The zero-order valence-corrected chi connectivity index (χ0v) is 24.5. The fourth-order valence-electron chi connectivity index (χ4n) is 9.17. The van der Waals surface area contributed by atoms with Crippen molar-refractivity contribution in [3.05, 3.63) is 0 Å². The molecule has 0 heterocycles. The summed E-state index contributed by atoms with van der Waals surface area (Å²) in [4.78, 5) is 12.2. The Morgan fingerprint density at radius 3 is 2.44 bits per heavy atom. The van der Waals surface area contributed by atoms with E-state index in [0.717, 1.165) is 37.0 Å². The van der Waals surface area contributed by atoms with Crippen LogP contribution in [0.1, 0.15) is 91.4 Å². The van der Waals surface area contributed by atoms with Gasteiger partial charge in [-0.2, -0.15) is 0 Å². The molecule has 4 rings (SSSR count). The smallest absolute Gasteiger partial charge is 0.748 e. The van der Waals surface area contributed by atoms with Crippen LogP contribution in [0, 0.1) is 46.3 Å². The van der Waals surface area contributed by atoms with E-state index in [1.54, 1.807) is 0 Å². The SMILES string of the molecule is C[C@H](CCC(=O)NCCS(=O)(=O)[O-])[C@H]1CC[C@H]2[C@@H]3CC[C@@H]4C[C@H](O)CC[C@]4(C)[C@H]3CC[C@]12C.[Na+]. The number of amides is 1. The number of aliphatic hydroxyl groups is 1. The van der Waals surface area contributed by atoms with Gasteiger partial charge in [0.05, 0.1) is 22.0 Å². The number of hydrogen-bond donors (Lipinski definition) is 2. The summed E-state index contributed by atoms with van der Waals surface area (Å²) in [7, 11) is -4.29. The molecule has 0 aromatic carbocycles. The van der Waals surface area contributed by atoms with Gasteiger partial charge < -0.3 is 15.0 Å². The van der Waals surface area contributed by atoms with Gasteiger partial charge in [-0.3, -0.25) is 4.79 Å². The van der Waals surface area contributed by atoms with E-state index < -0.39 is 15.9 Å². The topological polar surface area (TPSA) is 107 Å². The van der Waals surface area contributed by atoms with Crippen molar-refractivity contribution in [3.8, 4) is 0 Å². The average molecular weight is 506 g/mol. The van der Waals surface area contributed by atoms with Crippen LogP contribution in [0.15, 0.2) is 0 Å². The molecule has 4 aliphatic carbocycles. The maximum Gasteiger partial charge on any atom is 1.00 e. The van der Waals surface area contributed by atoms with Gasteiger partial charge in [-0.05, 0) is 111 Å². The second-order valence-electron chi connectivity index (χ2n) is 12.4. The first-order chi connectivity index (χ1) is 15.4. The first-order valence-electron chi connectivity index (χ1n) is 13.3. The predicted octanol–water partition coefficient (Wildman–Crippen LogP) is 1.09. The van der Waals surface area contributed by atoms with Crippen LogP contribution in [0.5, 0.6) is 0 Å². The normalized spacial score (nSPS) is 42.5. The molecule has 0 aromatic heterocycles. The van der Waals surface area contributed by atoms with Gasteiger partial charge in [0.1, 0.15) is 0 Å². The Bertz CT molecular complexity index is 837. The van der Waals surface area contributed by atoms with Gasteiger partial charge in [-0.15, -0.1) is 0 Å². The van der Waals surface area contributed by atoms with E-state index in [0.29, 0.717) is 35.0 Å². The minimum Gasteiger partial charge on any atom is -0.748 e. The minimum absolute atomic E-state index is 0. The molecule has 34 heavy (non-hydrogen) atoms. The van der Waals surface area contributed by atoms with Gasteiger partial charge in [0.15, 0.2) is 0 Å². The molecule has 190 valence electrons. The Morgan fingerprint density at radius 2 is 1.74 bits per heavy atom. The summed E-state index contributed by atoms with van der Waals surface area (Å²) in [6.07, 6.45) is 12.0. The van der Waals surface area contributed by atoms with Crippen molar-refractivity contribution in [3.63, 3.8) is 0 Å². The maximum absolute atomic E-state index is 12.2. The van der Waals surface area contributed by atoms with Crippen LogP contribution in [0.4, 0.5) is 0 Å². The van der Waals surface area contributed by atoms with E-state index in [9.17, 15) is 22.9 Å². The molecule has 8 heteroatoms. The summed E-state index contributed by atoms with van der Waals surface area (Å²) in [5.74, 6) is 3.49. The largest absolute Gasteiger partial charge is 1.00 e. The second-order valence-corrected chi connectivity index (χ2v) is 14.0. The van der Waals surface area contributed by atoms with E-state index >= 15 is 0 Å². The zero-order chi connectivity index (χ0) is 24.0. The van der Waals surface area contributed by atoms with Crippen LogP contribution in [-0.4, -0.2) is 42.4 Å². The summed E-state index contributed by atoms with van der Waals surface area (Å²) in [6, 6.07) is 0. The standard InChI is InChI=1S/C26H45NO5S.Na/c1-17(4-9-24(29)27-14-15-33(30,31)32)21-7-8-22-20-6-5-18-16-19(28)10-12-25(18,2)23(20)11-13-26(21,22)3;/h17-23,28H,4-16H2,1-3H3,(H,27,29)(H,30,31,32);/q;+1/p-1/t17-,18-,19-,20+,21-,22+,23+,25+,26-;/m1./s1. The van der Waals surface area contributed by atoms with Gasteiger partial charge >= 0.3 is 29.6 Å². The molecule has 0 unspecified atom stereocenters. The van der Waals surface area contributed by atoms with Crippen molar-refractivity contribution in [1.82, 2.24) is 5.32 Å². The van der Waals surface area contributed by atoms with Crippen molar-refractivity contribution in [2.75, 3.05) is 12.3 Å². The molecular formula is C26H44NNaO5S. The Kier molecular flexibility index (Phi) is 9.34. The molecule has 4 saturated carbocycles. The fraction of sp³-hybridized carbons (Fsp3) is 0.962. The average Bonchev–Trinajstić information content (AvgIpc) is 3.09. The van der Waals surface area contributed by atoms with E-state index in [4.69, 9.17) is 0 Å². The Morgan fingerprint density at radius 1 is 1.06 bits per heavy atom. The third kappa shape index (κ3) is 5.75. The molecule has 4 aliphatic rings. The van der Waals surface area contributed by atoms with Crippen molar-refractivity contribution < 1.29 is 52.4 Å². The zero-order valence-electron chi connectivity index (χ0n) is 21.7. The molecular weight excluding hydrogens is 461 g/mol. The summed E-state index contributed by atoms with van der Waals surface area (Å²) in [6.45, 7) is 7.26. The maximum atomic E-state index is 12.2.